The van der Waals surface area contributed by atoms with Gasteiger partial charge in [0.2, 0.25) is 0 Å². The minimum absolute atomic E-state index is 0.568. The van der Waals surface area contributed by atoms with E-state index in [1.54, 1.807) is 28.6 Å². The van der Waals surface area contributed by atoms with Crippen LogP contribution in [0.1, 0.15) is 10.4 Å². The number of hydrogen-bond donors (Lipinski definition) is 1. The van der Waals surface area contributed by atoms with E-state index in [9.17, 15) is 0 Å². The van der Waals surface area contributed by atoms with E-state index in [0.29, 0.717) is 5.11 Å². The summed E-state index contributed by atoms with van der Waals surface area (Å²) in [7, 11) is 3.75. The van der Waals surface area contributed by atoms with Gasteiger partial charge in [-0.05, 0) is 35.8 Å². The van der Waals surface area contributed by atoms with Gasteiger partial charge in [-0.1, -0.05) is 6.07 Å². The van der Waals surface area contributed by atoms with Gasteiger partial charge in [0, 0.05) is 32.1 Å². The van der Waals surface area contributed by atoms with Crippen molar-refractivity contribution in [1.82, 2.24) is 15.3 Å². The van der Waals surface area contributed by atoms with E-state index in [0.717, 1.165) is 16.2 Å². The molecule has 0 saturated carbocycles. The van der Waals surface area contributed by atoms with E-state index in [1.807, 2.05) is 43.7 Å². The quantitative estimate of drug-likeness (QED) is 0.535. The molecule has 0 aromatic carbocycles. The number of nitrogens with one attached hydrogen (secondary N) is 1. The summed E-state index contributed by atoms with van der Waals surface area (Å²) < 4.78 is 0. The average Bonchev–Trinajstić information content (AvgIpc) is 2.94. The van der Waals surface area contributed by atoms with Crippen molar-refractivity contribution in [3.8, 4) is 0 Å². The van der Waals surface area contributed by atoms with Crippen LogP contribution in [0.25, 0.3) is 0 Å². The van der Waals surface area contributed by atoms with Gasteiger partial charge in [0.15, 0.2) is 5.11 Å². The molecule has 0 bridgehead atoms. The van der Waals surface area contributed by atoms with Crippen molar-refractivity contribution < 1.29 is 0 Å². The largest absolute Gasteiger partial charge is 0.354 e. The number of aromatic nitrogens is 1. The van der Waals surface area contributed by atoms with Crippen LogP contribution >= 0.6 is 23.6 Å². The van der Waals surface area contributed by atoms with E-state index >= 15 is 0 Å². The first-order valence-electron chi connectivity index (χ1n) is 5.67. The van der Waals surface area contributed by atoms with Crippen molar-refractivity contribution >= 4 is 34.4 Å². The molecule has 2 aromatic rings. The molecule has 0 amide bonds. The monoisotopic (exact) mass is 290 g/mol. The van der Waals surface area contributed by atoms with Gasteiger partial charge in [0.1, 0.15) is 5.71 Å². The Labute approximate surface area is 121 Å². The molecule has 19 heavy (non-hydrogen) atoms. The maximum Gasteiger partial charge on any atom is 0.189 e. The lowest BCUT2D eigenvalue weighted by Gasteiger charge is -2.13. The van der Waals surface area contributed by atoms with Crippen molar-refractivity contribution in [1.29, 1.82) is 0 Å². The summed E-state index contributed by atoms with van der Waals surface area (Å²) in [4.78, 5) is 7.00. The second-order valence-corrected chi connectivity index (χ2v) is 5.33. The first kappa shape index (κ1) is 13.6. The number of nitrogens with zero attached hydrogens (tertiary/aromatic N) is 3. The number of hydrogen-bond acceptors (Lipinski definition) is 4. The summed E-state index contributed by atoms with van der Waals surface area (Å²) >= 11 is 6.80. The van der Waals surface area contributed by atoms with Gasteiger partial charge in [-0.3, -0.25) is 10.4 Å². The molecule has 2 rings (SSSR count). The van der Waals surface area contributed by atoms with E-state index in [1.165, 1.54) is 0 Å². The molecule has 0 unspecified atom stereocenters. The third-order valence-electron chi connectivity index (χ3n) is 2.36. The highest BCUT2D eigenvalue weighted by atomic mass is 32.1. The lowest BCUT2D eigenvalue weighted by molar-refractivity contribution is 0.606. The van der Waals surface area contributed by atoms with E-state index in [-0.39, 0.29) is 0 Å². The topological polar surface area (TPSA) is 40.5 Å². The predicted octanol–water partition coefficient (Wildman–Crippen LogP) is 2.33. The summed E-state index contributed by atoms with van der Waals surface area (Å²) in [5.74, 6) is 0. The van der Waals surface area contributed by atoms with Crippen LogP contribution in [0.5, 0.6) is 0 Å². The summed E-state index contributed by atoms with van der Waals surface area (Å²) in [6, 6.07) is 7.89. The highest BCUT2D eigenvalue weighted by Crippen LogP contribution is 2.15. The second kappa shape index (κ2) is 6.40. The van der Waals surface area contributed by atoms with Crippen molar-refractivity contribution in [2.75, 3.05) is 14.1 Å². The Hall–Kier alpha value is -1.79. The normalized spacial score (nSPS) is 11.2. The summed E-state index contributed by atoms with van der Waals surface area (Å²) in [5, 5.41) is 7.00. The molecule has 0 fully saturated rings. The van der Waals surface area contributed by atoms with Crippen molar-refractivity contribution in [2.45, 2.75) is 0 Å². The Bertz CT molecular complexity index is 562. The summed E-state index contributed by atoms with van der Waals surface area (Å²) in [6.07, 6.45) is 3.53. The van der Waals surface area contributed by atoms with Gasteiger partial charge >= 0.3 is 0 Å². The zero-order chi connectivity index (χ0) is 13.7. The number of rotatable bonds is 3. The molecule has 2 aromatic heterocycles. The minimum Gasteiger partial charge on any atom is -0.354 e. The van der Waals surface area contributed by atoms with Crippen LogP contribution in [0.3, 0.4) is 0 Å². The van der Waals surface area contributed by atoms with E-state index < -0.39 is 0 Å². The molecule has 0 aliphatic rings. The summed E-state index contributed by atoms with van der Waals surface area (Å²) in [5.41, 5.74) is 4.69. The smallest absolute Gasteiger partial charge is 0.189 e. The first-order chi connectivity index (χ1) is 9.18. The third kappa shape index (κ3) is 3.59. The molecular formula is C13H14N4S2. The van der Waals surface area contributed by atoms with Crippen LogP contribution < -0.4 is 5.43 Å². The van der Waals surface area contributed by atoms with Crippen molar-refractivity contribution in [2.24, 2.45) is 5.10 Å². The van der Waals surface area contributed by atoms with Gasteiger partial charge in [0.25, 0.3) is 0 Å². The van der Waals surface area contributed by atoms with Crippen LogP contribution in [0, 0.1) is 0 Å². The molecule has 1 N–H and O–H groups in total. The third-order valence-corrected chi connectivity index (χ3v) is 3.69. The Balaban J connectivity index is 2.31. The molecule has 0 spiro atoms. The number of hydrazone groups is 1. The SMILES string of the molecule is CN(C)C(=S)NN=C(c1cccnc1)c1cccs1. The lowest BCUT2D eigenvalue weighted by Crippen LogP contribution is -2.31. The van der Waals surface area contributed by atoms with Gasteiger partial charge in [0.05, 0.1) is 4.88 Å². The standard InChI is InChI=1S/C13H14N4S2/c1-17(2)13(18)16-15-12(11-6-4-8-19-11)10-5-3-7-14-9-10/h3-9H,1-2H3,(H,16,18). The highest BCUT2D eigenvalue weighted by Gasteiger charge is 2.09. The van der Waals surface area contributed by atoms with Gasteiger partial charge < -0.3 is 4.90 Å². The maximum absolute atomic E-state index is 5.17. The first-order valence-corrected chi connectivity index (χ1v) is 6.96. The fraction of sp³-hybridized carbons (Fsp3) is 0.154. The summed E-state index contributed by atoms with van der Waals surface area (Å²) in [6.45, 7) is 0. The van der Waals surface area contributed by atoms with Crippen LogP contribution in [0.4, 0.5) is 0 Å². The zero-order valence-corrected chi connectivity index (χ0v) is 12.3. The fourth-order valence-electron chi connectivity index (χ4n) is 1.38. The van der Waals surface area contributed by atoms with E-state index in [4.69, 9.17) is 12.2 Å². The van der Waals surface area contributed by atoms with Crippen molar-refractivity contribution in [3.63, 3.8) is 0 Å². The predicted molar refractivity (Wildman–Crippen MR) is 83.6 cm³/mol. The van der Waals surface area contributed by atoms with Crippen LogP contribution in [-0.4, -0.2) is 34.8 Å². The molecule has 2 heterocycles. The highest BCUT2D eigenvalue weighted by molar-refractivity contribution is 7.80. The Kier molecular flexibility index (Phi) is 4.59. The number of thiophene rings is 1. The molecule has 0 saturated heterocycles. The van der Waals surface area contributed by atoms with Crippen molar-refractivity contribution in [3.05, 3.63) is 52.5 Å². The Morgan fingerprint density at radius 2 is 2.21 bits per heavy atom. The molecule has 0 radical (unpaired) electrons. The maximum atomic E-state index is 5.17. The number of thiocarbonyl (C=S) groups is 1. The molecule has 4 nitrogen and oxygen atoms in total. The van der Waals surface area contributed by atoms with Crippen LogP contribution in [0.2, 0.25) is 0 Å². The zero-order valence-electron chi connectivity index (χ0n) is 10.7. The Morgan fingerprint density at radius 1 is 1.37 bits per heavy atom. The fourth-order valence-corrected chi connectivity index (χ4v) is 2.16. The lowest BCUT2D eigenvalue weighted by atomic mass is 10.1. The molecule has 0 atom stereocenters. The van der Waals surface area contributed by atoms with Crippen LogP contribution in [0.15, 0.2) is 47.1 Å². The second-order valence-electron chi connectivity index (χ2n) is 3.99. The Morgan fingerprint density at radius 3 is 2.79 bits per heavy atom. The average molecular weight is 290 g/mol. The molecule has 6 heteroatoms. The molecule has 98 valence electrons. The minimum atomic E-state index is 0.568. The molecule has 0 aliphatic carbocycles. The van der Waals surface area contributed by atoms with Gasteiger partial charge in [-0.15, -0.1) is 11.3 Å². The van der Waals surface area contributed by atoms with Gasteiger partial charge in [-0.2, -0.15) is 5.10 Å². The van der Waals surface area contributed by atoms with E-state index in [2.05, 4.69) is 15.5 Å². The number of pyridine rings is 1. The molecule has 0 aliphatic heterocycles. The molecular weight excluding hydrogens is 276 g/mol. The van der Waals surface area contributed by atoms with Gasteiger partial charge in [-0.25, -0.2) is 0 Å². The van der Waals surface area contributed by atoms with Crippen LogP contribution in [-0.2, 0) is 0 Å².